The van der Waals surface area contributed by atoms with Crippen molar-refractivity contribution in [2.75, 3.05) is 0 Å². The van der Waals surface area contributed by atoms with Crippen molar-refractivity contribution in [3.8, 4) is 5.69 Å². The van der Waals surface area contributed by atoms with E-state index in [-0.39, 0.29) is 0 Å². The highest BCUT2D eigenvalue weighted by Gasteiger charge is 2.21. The average molecular weight is 400 g/mol. The number of thiophene rings is 1. The highest BCUT2D eigenvalue weighted by Crippen LogP contribution is 2.47. The summed E-state index contributed by atoms with van der Waals surface area (Å²) in [6.45, 7) is 0. The van der Waals surface area contributed by atoms with Gasteiger partial charge in [-0.2, -0.15) is 0 Å². The summed E-state index contributed by atoms with van der Waals surface area (Å²) in [5.41, 5.74) is 3.78. The first-order chi connectivity index (χ1) is 14.9. The second kappa shape index (κ2) is 5.94. The molecule has 0 unspecified atom stereocenters. The van der Waals surface area contributed by atoms with Crippen LogP contribution in [0.15, 0.2) is 103 Å². The third-order valence-electron chi connectivity index (χ3n) is 6.17. The molecule has 2 heteroatoms. The summed E-state index contributed by atoms with van der Waals surface area (Å²) < 4.78 is 5.16. The summed E-state index contributed by atoms with van der Waals surface area (Å²) in [6.07, 6.45) is 0. The Labute approximate surface area is 177 Å². The topological polar surface area (TPSA) is 4.93 Å². The van der Waals surface area contributed by atoms with Gasteiger partial charge in [0.1, 0.15) is 0 Å². The highest BCUT2D eigenvalue weighted by atomic mass is 32.1. The predicted octanol–water partition coefficient (Wildman–Crippen LogP) is 8.30. The number of fused-ring (bicyclic) bond motifs is 10. The molecule has 0 atom stereocenters. The van der Waals surface area contributed by atoms with Crippen LogP contribution in [-0.2, 0) is 0 Å². The molecule has 0 bridgehead atoms. The summed E-state index contributed by atoms with van der Waals surface area (Å²) in [5.74, 6) is 0. The zero-order valence-electron chi connectivity index (χ0n) is 16.2. The van der Waals surface area contributed by atoms with Gasteiger partial charge in [0.05, 0.1) is 15.7 Å². The second-order valence-corrected chi connectivity index (χ2v) is 8.81. The van der Waals surface area contributed by atoms with Crippen LogP contribution < -0.4 is 0 Å². The number of aromatic nitrogens is 1. The van der Waals surface area contributed by atoms with Crippen LogP contribution in [0, 0.1) is 0 Å². The standard InChI is InChI=1S/C28H17NS/c1-2-10-18(11-3-1)29-23-16-8-6-14-21(23)25-19-12-4-5-13-20(19)26-22-15-7-9-17-24(22)30-28(26)27(25)29/h1-17H. The fourth-order valence-corrected chi connectivity index (χ4v) is 6.23. The monoisotopic (exact) mass is 399 g/mol. The van der Waals surface area contributed by atoms with Gasteiger partial charge < -0.3 is 4.57 Å². The molecule has 5 aromatic carbocycles. The Hall–Kier alpha value is -3.62. The van der Waals surface area contributed by atoms with Crippen LogP contribution in [0.1, 0.15) is 0 Å². The van der Waals surface area contributed by atoms with Crippen LogP contribution in [0.25, 0.3) is 58.4 Å². The van der Waals surface area contributed by atoms with E-state index >= 15 is 0 Å². The molecule has 0 fully saturated rings. The molecule has 30 heavy (non-hydrogen) atoms. The lowest BCUT2D eigenvalue weighted by Crippen LogP contribution is -1.93. The zero-order valence-corrected chi connectivity index (χ0v) is 17.0. The lowest BCUT2D eigenvalue weighted by molar-refractivity contribution is 1.19. The molecule has 1 nitrogen and oxygen atoms in total. The minimum Gasteiger partial charge on any atom is -0.308 e. The van der Waals surface area contributed by atoms with E-state index in [9.17, 15) is 0 Å². The molecule has 0 aliphatic heterocycles. The normalized spacial score (nSPS) is 12.0. The van der Waals surface area contributed by atoms with Crippen molar-refractivity contribution in [2.24, 2.45) is 0 Å². The van der Waals surface area contributed by atoms with Gasteiger partial charge in [0.15, 0.2) is 0 Å². The molecule has 7 aromatic rings. The number of hydrogen-bond donors (Lipinski definition) is 0. The van der Waals surface area contributed by atoms with Gasteiger partial charge in [0, 0.05) is 31.9 Å². The number of rotatable bonds is 1. The van der Waals surface area contributed by atoms with Gasteiger partial charge in [-0.05, 0) is 35.0 Å². The second-order valence-electron chi connectivity index (χ2n) is 7.76. The lowest BCUT2D eigenvalue weighted by atomic mass is 9.99. The average Bonchev–Trinajstić information content (AvgIpc) is 3.36. The third-order valence-corrected chi connectivity index (χ3v) is 7.34. The summed E-state index contributed by atoms with van der Waals surface area (Å²) >= 11 is 1.91. The molecule has 0 radical (unpaired) electrons. The van der Waals surface area contributed by atoms with Crippen molar-refractivity contribution in [1.82, 2.24) is 4.57 Å². The Kier molecular flexibility index (Phi) is 3.21. The smallest absolute Gasteiger partial charge is 0.0726 e. The molecule has 2 heterocycles. The van der Waals surface area contributed by atoms with Crippen molar-refractivity contribution >= 4 is 64.1 Å². The van der Waals surface area contributed by atoms with E-state index in [1.807, 2.05) is 11.3 Å². The molecule has 0 aliphatic carbocycles. The molecule has 0 saturated carbocycles. The van der Waals surface area contributed by atoms with Crippen LogP contribution >= 0.6 is 11.3 Å². The summed E-state index contributed by atoms with van der Waals surface area (Å²) in [5, 5.41) is 8.05. The maximum Gasteiger partial charge on any atom is 0.0726 e. The SMILES string of the molecule is c1ccc(-n2c3ccccc3c3c4ccccc4c4c5ccccc5sc4c32)cc1. The van der Waals surface area contributed by atoms with Crippen molar-refractivity contribution in [1.29, 1.82) is 0 Å². The quantitative estimate of drug-likeness (QED) is 0.262. The van der Waals surface area contributed by atoms with Crippen LogP contribution in [0.2, 0.25) is 0 Å². The molecule has 0 amide bonds. The van der Waals surface area contributed by atoms with Crippen molar-refractivity contribution in [3.05, 3.63) is 103 Å². The van der Waals surface area contributed by atoms with E-state index in [0.717, 1.165) is 0 Å². The van der Waals surface area contributed by atoms with E-state index in [1.165, 1.54) is 58.4 Å². The molecule has 2 aromatic heterocycles. The fraction of sp³-hybridized carbons (Fsp3) is 0. The summed E-state index contributed by atoms with van der Waals surface area (Å²) in [7, 11) is 0. The Morgan fingerprint density at radius 1 is 0.500 bits per heavy atom. The van der Waals surface area contributed by atoms with Gasteiger partial charge >= 0.3 is 0 Å². The molecule has 0 spiro atoms. The number of para-hydroxylation sites is 2. The van der Waals surface area contributed by atoms with Crippen LogP contribution in [0.5, 0.6) is 0 Å². The zero-order chi connectivity index (χ0) is 19.7. The van der Waals surface area contributed by atoms with Gasteiger partial charge in [-0.15, -0.1) is 11.3 Å². The van der Waals surface area contributed by atoms with Crippen molar-refractivity contribution < 1.29 is 0 Å². The molecule has 7 rings (SSSR count). The minimum absolute atomic E-state index is 1.21. The minimum atomic E-state index is 1.21. The first-order valence-electron chi connectivity index (χ1n) is 10.2. The molecule has 0 aliphatic rings. The van der Waals surface area contributed by atoms with Crippen molar-refractivity contribution in [2.45, 2.75) is 0 Å². The predicted molar refractivity (Wildman–Crippen MR) is 131 cm³/mol. The fourth-order valence-electron chi connectivity index (χ4n) is 4.97. The Bertz CT molecular complexity index is 1740. The molecular weight excluding hydrogens is 382 g/mol. The Morgan fingerprint density at radius 2 is 1.10 bits per heavy atom. The maximum atomic E-state index is 2.45. The van der Waals surface area contributed by atoms with Gasteiger partial charge in [-0.1, -0.05) is 78.9 Å². The maximum absolute atomic E-state index is 2.45. The summed E-state index contributed by atoms with van der Waals surface area (Å²) in [6, 6.07) is 37.3. The molecular formula is C28H17NS. The Balaban J connectivity index is 1.89. The number of hydrogen-bond acceptors (Lipinski definition) is 1. The molecule has 0 N–H and O–H groups in total. The van der Waals surface area contributed by atoms with E-state index in [4.69, 9.17) is 0 Å². The first kappa shape index (κ1) is 16.2. The molecule has 0 saturated heterocycles. The van der Waals surface area contributed by atoms with E-state index < -0.39 is 0 Å². The third kappa shape index (κ3) is 2.01. The van der Waals surface area contributed by atoms with E-state index in [0.29, 0.717) is 0 Å². The first-order valence-corrected chi connectivity index (χ1v) is 11.0. The van der Waals surface area contributed by atoms with Gasteiger partial charge in [0.2, 0.25) is 0 Å². The van der Waals surface area contributed by atoms with E-state index in [1.54, 1.807) is 0 Å². The Morgan fingerprint density at radius 3 is 1.90 bits per heavy atom. The number of nitrogens with zero attached hydrogens (tertiary/aromatic N) is 1. The lowest BCUT2D eigenvalue weighted by Gasteiger charge is -2.10. The van der Waals surface area contributed by atoms with Crippen LogP contribution in [-0.4, -0.2) is 4.57 Å². The van der Waals surface area contributed by atoms with Crippen molar-refractivity contribution in [3.63, 3.8) is 0 Å². The van der Waals surface area contributed by atoms with Gasteiger partial charge in [-0.25, -0.2) is 0 Å². The summed E-state index contributed by atoms with van der Waals surface area (Å²) in [4.78, 5) is 0. The van der Waals surface area contributed by atoms with Crippen LogP contribution in [0.4, 0.5) is 0 Å². The van der Waals surface area contributed by atoms with Gasteiger partial charge in [-0.3, -0.25) is 0 Å². The van der Waals surface area contributed by atoms with E-state index in [2.05, 4.69) is 108 Å². The highest BCUT2D eigenvalue weighted by molar-refractivity contribution is 7.27. The molecule has 140 valence electrons. The largest absolute Gasteiger partial charge is 0.308 e. The van der Waals surface area contributed by atoms with Crippen LogP contribution in [0.3, 0.4) is 0 Å². The van der Waals surface area contributed by atoms with Gasteiger partial charge in [0.25, 0.3) is 0 Å². The number of benzene rings is 5.